The standard InChI is InChI=1S/C14H12N2O3S/c1-9-2-4-11(15-8-9)16-14(19)13-10(6-7-20-13)3-5-12(17)18/h2-8H,1H3,(H,17,18)(H,15,16,19). The summed E-state index contributed by atoms with van der Waals surface area (Å²) >= 11 is 1.25. The predicted molar refractivity (Wildman–Crippen MR) is 77.9 cm³/mol. The first-order chi connectivity index (χ1) is 9.56. The van der Waals surface area contributed by atoms with Gasteiger partial charge in [0.2, 0.25) is 0 Å². The Morgan fingerprint density at radius 1 is 1.35 bits per heavy atom. The number of nitrogens with one attached hydrogen (secondary N) is 1. The number of thiophene rings is 1. The number of carbonyl (C=O) groups is 2. The number of hydrogen-bond acceptors (Lipinski definition) is 4. The molecule has 0 saturated heterocycles. The maximum atomic E-state index is 12.1. The van der Waals surface area contributed by atoms with Crippen molar-refractivity contribution in [3.8, 4) is 0 Å². The Hall–Kier alpha value is -2.47. The molecule has 2 aromatic heterocycles. The number of nitrogens with zero attached hydrogens (tertiary/aromatic N) is 1. The van der Waals surface area contributed by atoms with E-state index in [1.807, 2.05) is 13.0 Å². The summed E-state index contributed by atoms with van der Waals surface area (Å²) in [5.41, 5.74) is 1.58. The lowest BCUT2D eigenvalue weighted by molar-refractivity contribution is -0.131. The monoisotopic (exact) mass is 288 g/mol. The average Bonchev–Trinajstić information content (AvgIpc) is 2.87. The first-order valence-corrected chi connectivity index (χ1v) is 6.67. The molecule has 1 amide bonds. The minimum atomic E-state index is -1.05. The molecule has 2 aromatic rings. The molecule has 5 nitrogen and oxygen atoms in total. The number of aromatic nitrogens is 1. The molecule has 2 rings (SSSR count). The van der Waals surface area contributed by atoms with Crippen molar-refractivity contribution in [2.45, 2.75) is 6.92 Å². The summed E-state index contributed by atoms with van der Waals surface area (Å²) < 4.78 is 0. The molecular formula is C14H12N2O3S. The number of anilines is 1. The van der Waals surface area contributed by atoms with E-state index in [1.165, 1.54) is 17.4 Å². The highest BCUT2D eigenvalue weighted by Crippen LogP contribution is 2.19. The number of pyridine rings is 1. The molecule has 2 heterocycles. The molecule has 0 spiro atoms. The number of aryl methyl sites for hydroxylation is 1. The molecule has 0 saturated carbocycles. The fourth-order valence-electron chi connectivity index (χ4n) is 1.51. The molecule has 20 heavy (non-hydrogen) atoms. The fourth-order valence-corrected chi connectivity index (χ4v) is 2.29. The Morgan fingerprint density at radius 2 is 2.15 bits per heavy atom. The number of hydrogen-bond donors (Lipinski definition) is 2. The zero-order valence-corrected chi connectivity index (χ0v) is 11.5. The van der Waals surface area contributed by atoms with Gasteiger partial charge in [0.15, 0.2) is 0 Å². The van der Waals surface area contributed by atoms with Crippen LogP contribution in [0.5, 0.6) is 0 Å². The lowest BCUT2D eigenvalue weighted by Gasteiger charge is -2.03. The highest BCUT2D eigenvalue weighted by atomic mass is 32.1. The van der Waals surface area contributed by atoms with Gasteiger partial charge < -0.3 is 10.4 Å². The van der Waals surface area contributed by atoms with Gasteiger partial charge in [0.1, 0.15) is 5.82 Å². The molecule has 0 fully saturated rings. The van der Waals surface area contributed by atoms with Gasteiger partial charge >= 0.3 is 5.97 Å². The van der Waals surface area contributed by atoms with Crippen molar-refractivity contribution < 1.29 is 14.7 Å². The molecule has 0 bridgehead atoms. The summed E-state index contributed by atoms with van der Waals surface area (Å²) in [4.78, 5) is 27.1. The molecule has 2 N–H and O–H groups in total. The zero-order chi connectivity index (χ0) is 14.5. The molecule has 0 aliphatic rings. The quantitative estimate of drug-likeness (QED) is 0.848. The SMILES string of the molecule is Cc1ccc(NC(=O)c2sccc2C=CC(=O)O)nc1. The van der Waals surface area contributed by atoms with Crippen LogP contribution in [0.2, 0.25) is 0 Å². The van der Waals surface area contributed by atoms with Crippen molar-refractivity contribution >= 4 is 35.1 Å². The fraction of sp³-hybridized carbons (Fsp3) is 0.0714. The van der Waals surface area contributed by atoms with E-state index in [1.54, 1.807) is 23.7 Å². The second-order valence-electron chi connectivity index (χ2n) is 4.05. The van der Waals surface area contributed by atoms with Crippen LogP contribution in [0.4, 0.5) is 5.82 Å². The normalized spacial score (nSPS) is 10.7. The van der Waals surface area contributed by atoms with Gasteiger partial charge in [0.05, 0.1) is 4.88 Å². The van der Waals surface area contributed by atoms with E-state index in [9.17, 15) is 9.59 Å². The van der Waals surface area contributed by atoms with Gasteiger partial charge in [-0.1, -0.05) is 6.07 Å². The van der Waals surface area contributed by atoms with Gasteiger partial charge in [-0.3, -0.25) is 4.79 Å². The summed E-state index contributed by atoms with van der Waals surface area (Å²) in [5, 5.41) is 13.0. The van der Waals surface area contributed by atoms with E-state index in [0.29, 0.717) is 16.3 Å². The third-order valence-electron chi connectivity index (χ3n) is 2.46. The van der Waals surface area contributed by atoms with E-state index in [2.05, 4.69) is 10.3 Å². The highest BCUT2D eigenvalue weighted by Gasteiger charge is 2.12. The van der Waals surface area contributed by atoms with Crippen molar-refractivity contribution in [2.75, 3.05) is 5.32 Å². The largest absolute Gasteiger partial charge is 0.478 e. The molecule has 0 aliphatic carbocycles. The summed E-state index contributed by atoms with van der Waals surface area (Å²) in [6, 6.07) is 5.26. The topological polar surface area (TPSA) is 79.3 Å². The number of amides is 1. The lowest BCUT2D eigenvalue weighted by Crippen LogP contribution is -2.12. The maximum Gasteiger partial charge on any atom is 0.328 e. The van der Waals surface area contributed by atoms with Gasteiger partial charge in [-0.25, -0.2) is 9.78 Å². The lowest BCUT2D eigenvalue weighted by atomic mass is 10.2. The van der Waals surface area contributed by atoms with E-state index < -0.39 is 5.97 Å². The molecule has 6 heteroatoms. The zero-order valence-electron chi connectivity index (χ0n) is 10.7. The van der Waals surface area contributed by atoms with Crippen LogP contribution in [0.1, 0.15) is 20.8 Å². The predicted octanol–water partition coefficient (Wildman–Crippen LogP) is 2.80. The summed E-state index contributed by atoms with van der Waals surface area (Å²) in [6.45, 7) is 1.91. The van der Waals surface area contributed by atoms with E-state index >= 15 is 0 Å². The van der Waals surface area contributed by atoms with Crippen LogP contribution in [0.15, 0.2) is 35.9 Å². The minimum Gasteiger partial charge on any atom is -0.478 e. The summed E-state index contributed by atoms with van der Waals surface area (Å²) in [7, 11) is 0. The number of carbonyl (C=O) groups excluding carboxylic acids is 1. The van der Waals surface area contributed by atoms with Crippen LogP contribution in [-0.4, -0.2) is 22.0 Å². The Labute approximate surface area is 119 Å². The van der Waals surface area contributed by atoms with Gasteiger partial charge in [-0.2, -0.15) is 0 Å². The van der Waals surface area contributed by atoms with Crippen LogP contribution >= 0.6 is 11.3 Å². The van der Waals surface area contributed by atoms with Crippen LogP contribution in [0.25, 0.3) is 6.08 Å². The second-order valence-corrected chi connectivity index (χ2v) is 4.97. The number of carboxylic acid groups (broad SMARTS) is 1. The van der Waals surface area contributed by atoms with Crippen LogP contribution in [0, 0.1) is 6.92 Å². The first-order valence-electron chi connectivity index (χ1n) is 5.79. The van der Waals surface area contributed by atoms with Gasteiger partial charge in [-0.15, -0.1) is 11.3 Å². The smallest absolute Gasteiger partial charge is 0.328 e. The maximum absolute atomic E-state index is 12.1. The minimum absolute atomic E-state index is 0.304. The molecule has 0 radical (unpaired) electrons. The molecule has 0 aromatic carbocycles. The highest BCUT2D eigenvalue weighted by molar-refractivity contribution is 7.12. The van der Waals surface area contributed by atoms with Crippen molar-refractivity contribution in [1.29, 1.82) is 0 Å². The van der Waals surface area contributed by atoms with Crippen molar-refractivity contribution in [3.63, 3.8) is 0 Å². The van der Waals surface area contributed by atoms with Gasteiger partial charge in [0, 0.05) is 12.3 Å². The number of aliphatic carboxylic acids is 1. The van der Waals surface area contributed by atoms with Gasteiger partial charge in [-0.05, 0) is 41.6 Å². The molecule has 0 aliphatic heterocycles. The molecule has 102 valence electrons. The average molecular weight is 288 g/mol. The Balaban J connectivity index is 2.15. The third kappa shape index (κ3) is 3.52. The van der Waals surface area contributed by atoms with Crippen molar-refractivity contribution in [1.82, 2.24) is 4.98 Å². The second kappa shape index (κ2) is 6.12. The molecule has 0 unspecified atom stereocenters. The Morgan fingerprint density at radius 3 is 2.80 bits per heavy atom. The van der Waals surface area contributed by atoms with Crippen LogP contribution < -0.4 is 5.32 Å². The van der Waals surface area contributed by atoms with Crippen LogP contribution in [0.3, 0.4) is 0 Å². The Kier molecular flexibility index (Phi) is 4.27. The molecule has 0 atom stereocenters. The number of carboxylic acids is 1. The van der Waals surface area contributed by atoms with Crippen molar-refractivity contribution in [3.05, 3.63) is 51.9 Å². The number of rotatable bonds is 4. The third-order valence-corrected chi connectivity index (χ3v) is 3.39. The van der Waals surface area contributed by atoms with E-state index in [4.69, 9.17) is 5.11 Å². The summed E-state index contributed by atoms with van der Waals surface area (Å²) in [5.74, 6) is -0.897. The first kappa shape index (κ1) is 14.0. The van der Waals surface area contributed by atoms with Crippen LogP contribution in [-0.2, 0) is 4.79 Å². The molecular weight excluding hydrogens is 276 g/mol. The Bertz CT molecular complexity index is 659. The van der Waals surface area contributed by atoms with Crippen molar-refractivity contribution in [2.24, 2.45) is 0 Å². The van der Waals surface area contributed by atoms with E-state index in [-0.39, 0.29) is 5.91 Å². The summed E-state index contributed by atoms with van der Waals surface area (Å²) in [6.07, 6.45) is 4.06. The van der Waals surface area contributed by atoms with Gasteiger partial charge in [0.25, 0.3) is 5.91 Å². The van der Waals surface area contributed by atoms with E-state index in [0.717, 1.165) is 11.6 Å².